The largest absolute Gasteiger partial charge is 0.465 e. The number of carboxylic acid groups (broad SMARTS) is 1. The number of halogens is 2. The van der Waals surface area contributed by atoms with Crippen molar-refractivity contribution in [1.29, 1.82) is 0 Å². The Balaban J connectivity index is 1.81. The van der Waals surface area contributed by atoms with Gasteiger partial charge < -0.3 is 15.2 Å². The Labute approximate surface area is 185 Å². The number of ether oxygens (including phenoxy) is 1. The Morgan fingerprint density at radius 2 is 2.06 bits per heavy atom. The normalized spacial score (nSPS) is 12.1. The van der Waals surface area contributed by atoms with E-state index < -0.39 is 23.5 Å². The van der Waals surface area contributed by atoms with E-state index in [-0.39, 0.29) is 40.8 Å². The molecule has 0 aliphatic heterocycles. The third-order valence-electron chi connectivity index (χ3n) is 4.65. The van der Waals surface area contributed by atoms with Gasteiger partial charge in [0.2, 0.25) is 0 Å². The van der Waals surface area contributed by atoms with Crippen molar-refractivity contribution in [3.63, 3.8) is 0 Å². The van der Waals surface area contributed by atoms with E-state index in [2.05, 4.69) is 20.5 Å². The molecule has 2 aromatic heterocycles. The summed E-state index contributed by atoms with van der Waals surface area (Å²) in [6.45, 7) is 0.0819. The Morgan fingerprint density at radius 3 is 2.75 bits per heavy atom. The van der Waals surface area contributed by atoms with Gasteiger partial charge in [-0.1, -0.05) is 41.9 Å². The van der Waals surface area contributed by atoms with Gasteiger partial charge in [-0.15, -0.1) is 0 Å². The van der Waals surface area contributed by atoms with Crippen LogP contribution in [0.1, 0.15) is 17.4 Å². The van der Waals surface area contributed by atoms with Crippen LogP contribution in [0.3, 0.4) is 0 Å². The highest BCUT2D eigenvalue weighted by atomic mass is 35.5. The van der Waals surface area contributed by atoms with E-state index in [0.29, 0.717) is 0 Å². The van der Waals surface area contributed by atoms with Crippen molar-refractivity contribution in [2.75, 3.05) is 6.61 Å². The van der Waals surface area contributed by atoms with E-state index in [1.54, 1.807) is 0 Å². The van der Waals surface area contributed by atoms with Crippen LogP contribution in [0.2, 0.25) is 5.02 Å². The molecular formula is C21H17ClFN5O4. The van der Waals surface area contributed by atoms with Gasteiger partial charge in [0.1, 0.15) is 23.5 Å². The summed E-state index contributed by atoms with van der Waals surface area (Å²) in [5.74, 6) is -0.465. The second kappa shape index (κ2) is 9.16. The van der Waals surface area contributed by atoms with E-state index in [4.69, 9.17) is 16.3 Å². The first kappa shape index (κ1) is 21.5. The molecule has 1 atom stereocenters. The minimum atomic E-state index is -1.34. The number of carbonyl (C=O) groups is 1. The average molecular weight is 458 g/mol. The molecule has 0 fully saturated rings. The van der Waals surface area contributed by atoms with Crippen molar-refractivity contribution in [2.45, 2.75) is 12.6 Å². The van der Waals surface area contributed by atoms with E-state index >= 15 is 0 Å². The monoisotopic (exact) mass is 457 g/mol. The molecule has 2 aromatic carbocycles. The Hall–Kier alpha value is -3.76. The molecule has 1 unspecified atom stereocenters. The van der Waals surface area contributed by atoms with E-state index in [9.17, 15) is 19.1 Å². The molecule has 0 saturated heterocycles. The summed E-state index contributed by atoms with van der Waals surface area (Å²) >= 11 is 6.14. The number of benzene rings is 2. The van der Waals surface area contributed by atoms with E-state index in [1.165, 1.54) is 12.3 Å². The standard InChI is InChI=1S/C21H17ClFN5O4/c22-15-9-13(23)8-14-18(15)26-19(28(20(14)29)17-6-7-24-27-17)16(25-21(30)31)11-32-10-12-4-2-1-3-5-12/h1-9,16,25H,10-11H2,(H,24,27)(H,30,31). The summed E-state index contributed by atoms with van der Waals surface area (Å²) in [5, 5.41) is 18.1. The van der Waals surface area contributed by atoms with Crippen LogP contribution < -0.4 is 10.9 Å². The van der Waals surface area contributed by atoms with Gasteiger partial charge >= 0.3 is 6.09 Å². The molecule has 4 aromatic rings. The first-order valence-corrected chi connectivity index (χ1v) is 9.84. The molecule has 0 saturated carbocycles. The predicted molar refractivity (Wildman–Crippen MR) is 114 cm³/mol. The second-order valence-electron chi connectivity index (χ2n) is 6.84. The maximum Gasteiger partial charge on any atom is 0.405 e. The zero-order chi connectivity index (χ0) is 22.7. The number of fused-ring (bicyclic) bond motifs is 1. The third kappa shape index (κ3) is 4.46. The summed E-state index contributed by atoms with van der Waals surface area (Å²) in [5.41, 5.74) is 0.289. The molecular weight excluding hydrogens is 441 g/mol. The van der Waals surface area contributed by atoms with Crippen molar-refractivity contribution in [3.8, 4) is 5.82 Å². The number of amides is 1. The SMILES string of the molecule is O=C(O)NC(COCc1ccccc1)c1nc2c(Cl)cc(F)cc2c(=O)n1-c1ccn[nH]1. The summed E-state index contributed by atoms with van der Waals surface area (Å²) in [6.07, 6.45) is 0.0776. The number of aromatic nitrogens is 4. The molecule has 164 valence electrons. The quantitative estimate of drug-likeness (QED) is 0.391. The third-order valence-corrected chi connectivity index (χ3v) is 4.94. The zero-order valence-electron chi connectivity index (χ0n) is 16.5. The maximum atomic E-state index is 13.9. The molecule has 0 radical (unpaired) electrons. The highest BCUT2D eigenvalue weighted by molar-refractivity contribution is 6.35. The lowest BCUT2D eigenvalue weighted by atomic mass is 10.2. The average Bonchev–Trinajstić information content (AvgIpc) is 3.28. The molecule has 1 amide bonds. The van der Waals surface area contributed by atoms with Crippen molar-refractivity contribution in [1.82, 2.24) is 25.1 Å². The molecule has 0 spiro atoms. The van der Waals surface area contributed by atoms with E-state index in [1.807, 2.05) is 30.3 Å². The van der Waals surface area contributed by atoms with Crippen LogP contribution in [-0.2, 0) is 11.3 Å². The van der Waals surface area contributed by atoms with Gasteiger partial charge in [-0.05, 0) is 17.7 Å². The van der Waals surface area contributed by atoms with Gasteiger partial charge in [0.15, 0.2) is 0 Å². The summed E-state index contributed by atoms with van der Waals surface area (Å²) in [4.78, 5) is 29.2. The van der Waals surface area contributed by atoms with Gasteiger partial charge in [0, 0.05) is 6.07 Å². The number of nitrogens with one attached hydrogen (secondary N) is 2. The number of hydrogen-bond donors (Lipinski definition) is 3. The first-order chi connectivity index (χ1) is 15.4. The molecule has 2 heterocycles. The minimum Gasteiger partial charge on any atom is -0.465 e. The number of H-pyrrole nitrogens is 1. The zero-order valence-corrected chi connectivity index (χ0v) is 17.2. The maximum absolute atomic E-state index is 13.9. The smallest absolute Gasteiger partial charge is 0.405 e. The number of aromatic amines is 1. The van der Waals surface area contributed by atoms with Crippen molar-refractivity contribution in [3.05, 3.63) is 87.3 Å². The van der Waals surface area contributed by atoms with Crippen LogP contribution in [0.4, 0.5) is 9.18 Å². The highest BCUT2D eigenvalue weighted by Crippen LogP contribution is 2.24. The molecule has 11 heteroatoms. The van der Waals surface area contributed by atoms with Gasteiger partial charge in [-0.25, -0.2) is 18.7 Å². The second-order valence-corrected chi connectivity index (χ2v) is 7.25. The number of nitrogens with zero attached hydrogens (tertiary/aromatic N) is 3. The first-order valence-electron chi connectivity index (χ1n) is 9.46. The van der Waals surface area contributed by atoms with Crippen molar-refractivity contribution >= 4 is 28.6 Å². The Morgan fingerprint density at radius 1 is 1.28 bits per heavy atom. The fraction of sp³-hybridized carbons (Fsp3) is 0.143. The van der Waals surface area contributed by atoms with Crippen molar-refractivity contribution < 1.29 is 19.0 Å². The van der Waals surface area contributed by atoms with Gasteiger partial charge in [0.05, 0.1) is 35.3 Å². The van der Waals surface area contributed by atoms with Gasteiger partial charge in [0.25, 0.3) is 5.56 Å². The predicted octanol–water partition coefficient (Wildman–Crippen LogP) is 3.43. The molecule has 9 nitrogen and oxygen atoms in total. The highest BCUT2D eigenvalue weighted by Gasteiger charge is 2.25. The topological polar surface area (TPSA) is 122 Å². The summed E-state index contributed by atoms with van der Waals surface area (Å²) in [6, 6.07) is 11.8. The molecule has 0 bridgehead atoms. The minimum absolute atomic E-state index is 0.00993. The number of hydrogen-bond acceptors (Lipinski definition) is 5. The van der Waals surface area contributed by atoms with Crippen LogP contribution in [0.15, 0.2) is 59.5 Å². The van der Waals surface area contributed by atoms with Crippen LogP contribution in [0, 0.1) is 5.82 Å². The number of rotatable bonds is 7. The molecule has 3 N–H and O–H groups in total. The fourth-order valence-electron chi connectivity index (χ4n) is 3.27. The van der Waals surface area contributed by atoms with Crippen molar-refractivity contribution in [2.24, 2.45) is 0 Å². The molecule has 0 aliphatic rings. The lowest BCUT2D eigenvalue weighted by molar-refractivity contribution is 0.0937. The molecule has 4 rings (SSSR count). The summed E-state index contributed by atoms with van der Waals surface area (Å²) in [7, 11) is 0. The van der Waals surface area contributed by atoms with Gasteiger partial charge in [-0.2, -0.15) is 5.10 Å². The van der Waals surface area contributed by atoms with Crippen LogP contribution in [-0.4, -0.2) is 37.6 Å². The molecule has 0 aliphatic carbocycles. The lowest BCUT2D eigenvalue weighted by Crippen LogP contribution is -2.36. The Bertz CT molecular complexity index is 1310. The van der Waals surface area contributed by atoms with Gasteiger partial charge in [-0.3, -0.25) is 9.89 Å². The summed E-state index contributed by atoms with van der Waals surface area (Å²) < 4.78 is 20.8. The Kier molecular flexibility index (Phi) is 6.15. The van der Waals surface area contributed by atoms with Crippen LogP contribution in [0.25, 0.3) is 16.7 Å². The van der Waals surface area contributed by atoms with Crippen LogP contribution in [0.5, 0.6) is 0 Å². The van der Waals surface area contributed by atoms with Crippen LogP contribution >= 0.6 is 11.6 Å². The van der Waals surface area contributed by atoms with E-state index in [0.717, 1.165) is 22.3 Å². The fourth-order valence-corrected chi connectivity index (χ4v) is 3.52. The lowest BCUT2D eigenvalue weighted by Gasteiger charge is -2.21. The molecule has 32 heavy (non-hydrogen) atoms.